The molecule has 2 aliphatic carbocycles. The quantitative estimate of drug-likeness (QED) is 0.420. The molecule has 4 heteroatoms. The van der Waals surface area contributed by atoms with Gasteiger partial charge in [0, 0.05) is 24.3 Å². The molecular formula is C16H24N2O2. The fourth-order valence-electron chi connectivity index (χ4n) is 3.05. The van der Waals surface area contributed by atoms with Crippen LogP contribution in [0.3, 0.4) is 0 Å². The van der Waals surface area contributed by atoms with E-state index in [-0.39, 0.29) is 22.9 Å². The molecule has 2 N–H and O–H groups in total. The van der Waals surface area contributed by atoms with E-state index in [0.29, 0.717) is 0 Å². The average Bonchev–Trinajstić information content (AvgIpc) is 3.18. The molecule has 0 amide bonds. The number of fused-ring (bicyclic) bond motifs is 1. The lowest BCUT2D eigenvalue weighted by Crippen LogP contribution is -2.23. The van der Waals surface area contributed by atoms with Crippen molar-refractivity contribution < 1.29 is 9.59 Å². The highest BCUT2D eigenvalue weighted by Crippen LogP contribution is 2.59. The van der Waals surface area contributed by atoms with Crippen molar-refractivity contribution >= 4 is 17.4 Å². The van der Waals surface area contributed by atoms with Crippen LogP contribution in [0.1, 0.15) is 51.9 Å². The van der Waals surface area contributed by atoms with Crippen LogP contribution in [0.4, 0.5) is 0 Å². The van der Waals surface area contributed by atoms with Crippen molar-refractivity contribution in [2.45, 2.75) is 51.9 Å². The molecule has 0 radical (unpaired) electrons. The Morgan fingerprint density at radius 2 is 2.15 bits per heavy atom. The minimum Gasteiger partial charge on any atom is -0.387 e. The predicted molar refractivity (Wildman–Crippen MR) is 79.6 cm³/mol. The van der Waals surface area contributed by atoms with E-state index in [4.69, 9.17) is 5.73 Å². The summed E-state index contributed by atoms with van der Waals surface area (Å²) in [5.74, 6) is 1.02. The van der Waals surface area contributed by atoms with Gasteiger partial charge in [-0.1, -0.05) is 19.8 Å². The van der Waals surface area contributed by atoms with Crippen molar-refractivity contribution in [3.8, 4) is 0 Å². The summed E-state index contributed by atoms with van der Waals surface area (Å²) in [5.41, 5.74) is 5.48. The normalized spacial score (nSPS) is 28.6. The molecule has 2 atom stereocenters. The lowest BCUT2D eigenvalue weighted by atomic mass is 9.86. The molecule has 0 aromatic heterocycles. The van der Waals surface area contributed by atoms with Crippen molar-refractivity contribution in [1.29, 1.82) is 0 Å². The first-order valence-electron chi connectivity index (χ1n) is 7.65. The van der Waals surface area contributed by atoms with Gasteiger partial charge < -0.3 is 5.73 Å². The van der Waals surface area contributed by atoms with E-state index in [2.05, 4.69) is 11.9 Å². The van der Waals surface area contributed by atoms with Crippen LogP contribution in [-0.2, 0) is 9.59 Å². The summed E-state index contributed by atoms with van der Waals surface area (Å²) in [6, 6.07) is 0. The largest absolute Gasteiger partial charge is 0.387 e. The Balaban J connectivity index is 1.66. The first kappa shape index (κ1) is 14.9. The van der Waals surface area contributed by atoms with Crippen molar-refractivity contribution in [2.75, 3.05) is 6.54 Å². The van der Waals surface area contributed by atoms with Crippen molar-refractivity contribution in [1.82, 2.24) is 0 Å². The Kier molecular flexibility index (Phi) is 4.73. The molecule has 20 heavy (non-hydrogen) atoms. The maximum absolute atomic E-state index is 11.9. The van der Waals surface area contributed by atoms with E-state index in [1.54, 1.807) is 0 Å². The van der Waals surface area contributed by atoms with Crippen molar-refractivity contribution in [3.05, 3.63) is 12.2 Å². The third-order valence-corrected chi connectivity index (χ3v) is 4.40. The molecule has 0 heterocycles. The van der Waals surface area contributed by atoms with Crippen LogP contribution < -0.4 is 5.73 Å². The number of nitrogens with two attached hydrogens (primary N) is 1. The SMILES string of the molecule is CCCN=C(N)CCCCCC12CC1C(=O)C=CC2=O. The lowest BCUT2D eigenvalue weighted by Gasteiger charge is -2.15. The molecule has 0 saturated heterocycles. The number of allylic oxidation sites excluding steroid dienone is 2. The van der Waals surface area contributed by atoms with E-state index in [1.807, 2.05) is 0 Å². The molecule has 1 saturated carbocycles. The van der Waals surface area contributed by atoms with Gasteiger partial charge >= 0.3 is 0 Å². The van der Waals surface area contributed by atoms with Gasteiger partial charge in [0.05, 0.1) is 5.84 Å². The molecule has 0 bridgehead atoms. The van der Waals surface area contributed by atoms with Crippen LogP contribution in [0.5, 0.6) is 0 Å². The number of ketones is 2. The third-order valence-electron chi connectivity index (χ3n) is 4.40. The van der Waals surface area contributed by atoms with Crippen LogP contribution in [0.2, 0.25) is 0 Å². The highest BCUT2D eigenvalue weighted by Gasteiger charge is 2.62. The van der Waals surface area contributed by atoms with Gasteiger partial charge in [-0.25, -0.2) is 0 Å². The maximum atomic E-state index is 11.9. The van der Waals surface area contributed by atoms with Gasteiger partial charge in [-0.2, -0.15) is 0 Å². The summed E-state index contributed by atoms with van der Waals surface area (Å²) in [5, 5.41) is 0. The number of amidine groups is 1. The molecule has 0 spiro atoms. The Bertz CT molecular complexity index is 453. The van der Waals surface area contributed by atoms with E-state index < -0.39 is 0 Å². The molecule has 0 aromatic rings. The standard InChI is InChI=1S/C16H24N2O2/c1-2-10-18-15(17)6-4-3-5-9-16-11-12(16)13(19)7-8-14(16)20/h7-8,12H,2-6,9-11H2,1H3,(H2,17,18). The molecular weight excluding hydrogens is 252 g/mol. The number of rotatable bonds is 8. The molecule has 4 nitrogen and oxygen atoms in total. The number of hydrogen-bond donors (Lipinski definition) is 1. The zero-order valence-corrected chi connectivity index (χ0v) is 12.2. The zero-order chi connectivity index (χ0) is 14.6. The molecule has 0 aliphatic heterocycles. The topological polar surface area (TPSA) is 72.5 Å². The molecule has 110 valence electrons. The van der Waals surface area contributed by atoms with Crippen molar-refractivity contribution in [2.24, 2.45) is 22.1 Å². The van der Waals surface area contributed by atoms with Crippen LogP contribution in [0, 0.1) is 11.3 Å². The molecule has 2 aliphatic rings. The van der Waals surface area contributed by atoms with Gasteiger partial charge in [0.2, 0.25) is 0 Å². The first-order valence-corrected chi connectivity index (χ1v) is 7.65. The highest BCUT2D eigenvalue weighted by molar-refractivity contribution is 6.13. The summed E-state index contributed by atoms with van der Waals surface area (Å²) < 4.78 is 0. The number of carbonyl (C=O) groups excluding carboxylic acids is 2. The number of nitrogens with zero attached hydrogens (tertiary/aromatic N) is 1. The second-order valence-electron chi connectivity index (χ2n) is 5.95. The summed E-state index contributed by atoms with van der Waals surface area (Å²) in [4.78, 5) is 27.8. The predicted octanol–water partition coefficient (Wildman–Crippen LogP) is 2.42. The fraction of sp³-hybridized carbons (Fsp3) is 0.688. The second-order valence-corrected chi connectivity index (χ2v) is 5.95. The lowest BCUT2D eigenvalue weighted by molar-refractivity contribution is -0.125. The first-order chi connectivity index (χ1) is 9.60. The summed E-state index contributed by atoms with van der Waals surface area (Å²) in [7, 11) is 0. The van der Waals surface area contributed by atoms with Gasteiger partial charge in [-0.05, 0) is 37.8 Å². The van der Waals surface area contributed by atoms with Crippen LogP contribution in [0.25, 0.3) is 0 Å². The molecule has 0 aromatic carbocycles. The molecule has 2 unspecified atom stereocenters. The third kappa shape index (κ3) is 3.17. The molecule has 1 fully saturated rings. The number of carbonyl (C=O) groups is 2. The Morgan fingerprint density at radius 1 is 1.35 bits per heavy atom. The van der Waals surface area contributed by atoms with Gasteiger partial charge in [-0.3, -0.25) is 14.6 Å². The Morgan fingerprint density at radius 3 is 2.90 bits per heavy atom. The smallest absolute Gasteiger partial charge is 0.162 e. The minimum atomic E-state index is -0.326. The van der Waals surface area contributed by atoms with E-state index >= 15 is 0 Å². The van der Waals surface area contributed by atoms with Gasteiger partial charge in [0.1, 0.15) is 0 Å². The number of unbranched alkanes of at least 4 members (excludes halogenated alkanes) is 2. The average molecular weight is 276 g/mol. The van der Waals surface area contributed by atoms with Crippen molar-refractivity contribution in [3.63, 3.8) is 0 Å². The highest BCUT2D eigenvalue weighted by atomic mass is 16.1. The summed E-state index contributed by atoms with van der Waals surface area (Å²) >= 11 is 0. The van der Waals surface area contributed by atoms with Gasteiger partial charge in [-0.15, -0.1) is 0 Å². The minimum absolute atomic E-state index is 0.0174. The van der Waals surface area contributed by atoms with Crippen LogP contribution in [-0.4, -0.2) is 23.9 Å². The Hall–Kier alpha value is -1.45. The summed E-state index contributed by atoms with van der Waals surface area (Å²) in [6.45, 7) is 2.89. The second kappa shape index (κ2) is 6.33. The van der Waals surface area contributed by atoms with Crippen LogP contribution in [0.15, 0.2) is 17.1 Å². The van der Waals surface area contributed by atoms with E-state index in [9.17, 15) is 9.59 Å². The molecule has 2 rings (SSSR count). The number of aliphatic imine (C=N–C) groups is 1. The van der Waals surface area contributed by atoms with Gasteiger partial charge in [0.15, 0.2) is 11.6 Å². The van der Waals surface area contributed by atoms with Gasteiger partial charge in [0.25, 0.3) is 0 Å². The monoisotopic (exact) mass is 276 g/mol. The zero-order valence-electron chi connectivity index (χ0n) is 12.2. The Labute approximate surface area is 120 Å². The number of hydrogen-bond acceptors (Lipinski definition) is 3. The van der Waals surface area contributed by atoms with E-state index in [0.717, 1.165) is 57.3 Å². The van der Waals surface area contributed by atoms with Crippen LogP contribution >= 0.6 is 0 Å². The maximum Gasteiger partial charge on any atom is 0.162 e. The van der Waals surface area contributed by atoms with E-state index in [1.165, 1.54) is 12.2 Å². The fourth-order valence-corrected chi connectivity index (χ4v) is 3.05. The summed E-state index contributed by atoms with van der Waals surface area (Å²) in [6.07, 6.45) is 9.43.